The summed E-state index contributed by atoms with van der Waals surface area (Å²) in [5.74, 6) is 0.981. The zero-order valence-electron chi connectivity index (χ0n) is 17.3. The number of nitrogens with one attached hydrogen (secondary N) is 1. The number of carbonyl (C=O) groups excluding carboxylic acids is 1. The first-order valence-corrected chi connectivity index (χ1v) is 11.3. The molecule has 0 bridgehead atoms. The third kappa shape index (κ3) is 5.95. The minimum Gasteiger partial charge on any atom is -0.363 e. The predicted molar refractivity (Wildman–Crippen MR) is 115 cm³/mol. The fourth-order valence-corrected chi connectivity index (χ4v) is 4.59. The SMILES string of the molecule is CC(C)[C@@H](NCOC1CCCCC1)C(=O)N1CCC(c2ccc(Cl)cc2)CC1. The van der Waals surface area contributed by atoms with Crippen LogP contribution in [0.25, 0.3) is 0 Å². The number of hydrogen-bond acceptors (Lipinski definition) is 3. The molecular formula is C23H35ClN2O2. The first-order chi connectivity index (χ1) is 13.5. The maximum absolute atomic E-state index is 13.1. The van der Waals surface area contributed by atoms with E-state index in [1.54, 1.807) is 0 Å². The molecule has 28 heavy (non-hydrogen) atoms. The Hall–Kier alpha value is -1.10. The number of carbonyl (C=O) groups is 1. The number of rotatable bonds is 7. The first kappa shape index (κ1) is 21.6. The van der Waals surface area contributed by atoms with Crippen molar-refractivity contribution < 1.29 is 9.53 Å². The molecule has 1 N–H and O–H groups in total. The monoisotopic (exact) mass is 406 g/mol. The van der Waals surface area contributed by atoms with Crippen LogP contribution in [-0.2, 0) is 9.53 Å². The summed E-state index contributed by atoms with van der Waals surface area (Å²) in [5, 5.41) is 4.16. The van der Waals surface area contributed by atoms with Crippen molar-refractivity contribution >= 4 is 17.5 Å². The molecule has 156 valence electrons. The van der Waals surface area contributed by atoms with Crippen molar-refractivity contribution in [3.8, 4) is 0 Å². The average molecular weight is 407 g/mol. The van der Waals surface area contributed by atoms with E-state index in [0.717, 1.165) is 43.8 Å². The van der Waals surface area contributed by atoms with E-state index in [9.17, 15) is 4.79 Å². The van der Waals surface area contributed by atoms with Crippen LogP contribution in [0.4, 0.5) is 0 Å². The molecule has 1 saturated carbocycles. The predicted octanol–water partition coefficient (Wildman–Crippen LogP) is 4.97. The van der Waals surface area contributed by atoms with Crippen LogP contribution in [0, 0.1) is 5.92 Å². The van der Waals surface area contributed by atoms with Gasteiger partial charge in [0.1, 0.15) is 0 Å². The van der Waals surface area contributed by atoms with E-state index in [-0.39, 0.29) is 17.9 Å². The van der Waals surface area contributed by atoms with Gasteiger partial charge in [0, 0.05) is 18.1 Å². The standard InChI is InChI=1S/C23H35ClN2O2/c1-17(2)22(25-16-28-21-6-4-3-5-7-21)23(27)26-14-12-19(13-15-26)18-8-10-20(24)11-9-18/h8-11,17,19,21-22,25H,3-7,12-16H2,1-2H3/t22-/m1/s1. The lowest BCUT2D eigenvalue weighted by molar-refractivity contribution is -0.136. The van der Waals surface area contributed by atoms with E-state index in [0.29, 0.717) is 18.8 Å². The topological polar surface area (TPSA) is 41.6 Å². The van der Waals surface area contributed by atoms with Crippen LogP contribution in [0.1, 0.15) is 70.3 Å². The van der Waals surface area contributed by atoms with E-state index < -0.39 is 0 Å². The number of benzene rings is 1. The van der Waals surface area contributed by atoms with Crippen LogP contribution >= 0.6 is 11.6 Å². The summed E-state index contributed by atoms with van der Waals surface area (Å²) in [7, 11) is 0. The largest absolute Gasteiger partial charge is 0.363 e. The Kier molecular flexibility index (Phi) is 8.19. The van der Waals surface area contributed by atoms with Crippen molar-refractivity contribution in [1.82, 2.24) is 10.2 Å². The quantitative estimate of drug-likeness (QED) is 0.650. The molecule has 1 saturated heterocycles. The molecule has 0 unspecified atom stereocenters. The highest BCUT2D eigenvalue weighted by Gasteiger charge is 2.30. The number of amides is 1. The normalized spacial score (nSPS) is 20.5. The smallest absolute Gasteiger partial charge is 0.240 e. The van der Waals surface area contributed by atoms with Crippen LogP contribution in [0.2, 0.25) is 5.02 Å². The van der Waals surface area contributed by atoms with E-state index >= 15 is 0 Å². The lowest BCUT2D eigenvalue weighted by atomic mass is 9.89. The van der Waals surface area contributed by atoms with Crippen molar-refractivity contribution in [3.05, 3.63) is 34.9 Å². The van der Waals surface area contributed by atoms with Gasteiger partial charge in [0.05, 0.1) is 18.9 Å². The van der Waals surface area contributed by atoms with Crippen molar-refractivity contribution in [1.29, 1.82) is 0 Å². The maximum Gasteiger partial charge on any atom is 0.240 e. The summed E-state index contributed by atoms with van der Waals surface area (Å²) in [4.78, 5) is 15.1. The van der Waals surface area contributed by atoms with Gasteiger partial charge in [-0.25, -0.2) is 0 Å². The molecule has 5 heteroatoms. The van der Waals surface area contributed by atoms with Crippen LogP contribution in [-0.4, -0.2) is 42.8 Å². The van der Waals surface area contributed by atoms with Crippen LogP contribution in [0.3, 0.4) is 0 Å². The molecule has 2 aliphatic rings. The number of nitrogens with zero attached hydrogens (tertiary/aromatic N) is 1. The van der Waals surface area contributed by atoms with Crippen LogP contribution in [0.5, 0.6) is 0 Å². The first-order valence-electron chi connectivity index (χ1n) is 10.9. The molecule has 1 heterocycles. The summed E-state index contributed by atoms with van der Waals surface area (Å²) in [6, 6.07) is 7.98. The van der Waals surface area contributed by atoms with Crippen molar-refractivity contribution in [2.24, 2.45) is 5.92 Å². The van der Waals surface area contributed by atoms with Gasteiger partial charge in [0.25, 0.3) is 0 Å². The number of halogens is 1. The van der Waals surface area contributed by atoms with Gasteiger partial charge in [-0.3, -0.25) is 10.1 Å². The fourth-order valence-electron chi connectivity index (χ4n) is 4.46. The molecular weight excluding hydrogens is 372 g/mol. The number of likely N-dealkylation sites (tertiary alicyclic amines) is 1. The van der Waals surface area contributed by atoms with Crippen LogP contribution in [0.15, 0.2) is 24.3 Å². The Morgan fingerprint density at radius 3 is 2.36 bits per heavy atom. The molecule has 1 atom stereocenters. The Bertz CT molecular complexity index is 606. The zero-order valence-corrected chi connectivity index (χ0v) is 18.1. The Morgan fingerprint density at radius 2 is 1.75 bits per heavy atom. The minimum absolute atomic E-state index is 0.171. The highest BCUT2D eigenvalue weighted by atomic mass is 35.5. The van der Waals surface area contributed by atoms with E-state index in [1.807, 2.05) is 17.0 Å². The maximum atomic E-state index is 13.1. The number of hydrogen-bond donors (Lipinski definition) is 1. The van der Waals surface area contributed by atoms with Gasteiger partial charge in [-0.15, -0.1) is 0 Å². The van der Waals surface area contributed by atoms with Gasteiger partial charge in [0.2, 0.25) is 5.91 Å². The molecule has 0 spiro atoms. The Balaban J connectivity index is 1.47. The summed E-state index contributed by atoms with van der Waals surface area (Å²) < 4.78 is 5.99. The highest BCUT2D eigenvalue weighted by molar-refractivity contribution is 6.30. The lowest BCUT2D eigenvalue weighted by Gasteiger charge is -2.36. The molecule has 0 aromatic heterocycles. The van der Waals surface area contributed by atoms with Crippen molar-refractivity contribution in [2.45, 2.75) is 76.9 Å². The van der Waals surface area contributed by atoms with Crippen molar-refractivity contribution in [3.63, 3.8) is 0 Å². The molecule has 1 aliphatic carbocycles. The molecule has 3 rings (SSSR count). The second-order valence-electron chi connectivity index (χ2n) is 8.65. The van der Waals surface area contributed by atoms with E-state index in [4.69, 9.17) is 16.3 Å². The second kappa shape index (κ2) is 10.6. The van der Waals surface area contributed by atoms with Crippen molar-refractivity contribution in [2.75, 3.05) is 19.8 Å². The third-order valence-electron chi connectivity index (χ3n) is 6.26. The molecule has 0 radical (unpaired) electrons. The molecule has 1 amide bonds. The molecule has 2 fully saturated rings. The van der Waals surface area contributed by atoms with Gasteiger partial charge in [-0.1, -0.05) is 56.8 Å². The summed E-state index contributed by atoms with van der Waals surface area (Å²) >= 11 is 6.00. The average Bonchev–Trinajstić information content (AvgIpc) is 2.72. The molecule has 1 aromatic carbocycles. The van der Waals surface area contributed by atoms with Gasteiger partial charge in [0.15, 0.2) is 0 Å². The van der Waals surface area contributed by atoms with E-state index in [2.05, 4.69) is 31.3 Å². The lowest BCUT2D eigenvalue weighted by Crippen LogP contribution is -2.52. The summed E-state index contributed by atoms with van der Waals surface area (Å²) in [5.41, 5.74) is 1.33. The molecule has 4 nitrogen and oxygen atoms in total. The Labute approximate surface area is 175 Å². The van der Waals surface area contributed by atoms with Gasteiger partial charge < -0.3 is 9.64 Å². The van der Waals surface area contributed by atoms with Gasteiger partial charge >= 0.3 is 0 Å². The Morgan fingerprint density at radius 1 is 1.11 bits per heavy atom. The second-order valence-corrected chi connectivity index (χ2v) is 9.08. The molecule has 1 aromatic rings. The highest BCUT2D eigenvalue weighted by Crippen LogP contribution is 2.29. The van der Waals surface area contributed by atoms with E-state index in [1.165, 1.54) is 24.8 Å². The van der Waals surface area contributed by atoms with Gasteiger partial charge in [-0.2, -0.15) is 0 Å². The minimum atomic E-state index is -0.171. The fraction of sp³-hybridized carbons (Fsp3) is 0.696. The third-order valence-corrected chi connectivity index (χ3v) is 6.51. The zero-order chi connectivity index (χ0) is 19.9. The summed E-state index contributed by atoms with van der Waals surface area (Å²) in [6.45, 7) is 6.33. The van der Waals surface area contributed by atoms with Gasteiger partial charge in [-0.05, 0) is 55.2 Å². The number of ether oxygens (including phenoxy) is 1. The summed E-state index contributed by atoms with van der Waals surface area (Å²) in [6.07, 6.45) is 8.54. The van der Waals surface area contributed by atoms with Crippen LogP contribution < -0.4 is 5.32 Å². The number of piperidine rings is 1. The molecule has 1 aliphatic heterocycles.